The average Bonchev–Trinajstić information content (AvgIpc) is 3.14. The number of halogens is 3. The van der Waals surface area contributed by atoms with Crippen molar-refractivity contribution in [1.82, 2.24) is 3.97 Å². The Labute approximate surface area is 231 Å². The minimum Gasteiger partial charge on any atom is -0.478 e. The zero-order chi connectivity index (χ0) is 29.5. The molecule has 0 bridgehead atoms. The van der Waals surface area contributed by atoms with Gasteiger partial charge >= 0.3 is 12.1 Å². The molecule has 5 nitrogen and oxygen atoms in total. The van der Waals surface area contributed by atoms with Gasteiger partial charge in [0.15, 0.2) is 0 Å². The number of hydrogen-bond acceptors (Lipinski definition) is 3. The predicted molar refractivity (Wildman–Crippen MR) is 151 cm³/mol. The van der Waals surface area contributed by atoms with Gasteiger partial charge in [-0.3, -0.25) is 0 Å². The van der Waals surface area contributed by atoms with Crippen LogP contribution in [0.25, 0.3) is 17.0 Å². The third kappa shape index (κ3) is 6.14. The first kappa shape index (κ1) is 29.1. The van der Waals surface area contributed by atoms with Crippen LogP contribution in [0.2, 0.25) is 0 Å². The zero-order valence-electron chi connectivity index (χ0n) is 22.6. The fraction of sp³-hybridized carbons (Fsp3) is 0.258. The van der Waals surface area contributed by atoms with Crippen molar-refractivity contribution >= 4 is 33.0 Å². The van der Waals surface area contributed by atoms with Crippen LogP contribution < -0.4 is 0 Å². The van der Waals surface area contributed by atoms with Gasteiger partial charge in [0.25, 0.3) is 0 Å². The van der Waals surface area contributed by atoms with Gasteiger partial charge in [-0.1, -0.05) is 69.3 Å². The first-order chi connectivity index (χ1) is 18.6. The number of fused-ring (bicyclic) bond motifs is 1. The van der Waals surface area contributed by atoms with Crippen molar-refractivity contribution in [2.75, 3.05) is 5.75 Å². The van der Waals surface area contributed by atoms with E-state index in [-0.39, 0.29) is 39.7 Å². The second kappa shape index (κ2) is 10.6. The number of aromatic carboxylic acids is 1. The van der Waals surface area contributed by atoms with Crippen molar-refractivity contribution in [2.45, 2.75) is 45.7 Å². The second-order valence-corrected chi connectivity index (χ2v) is 12.7. The Hall–Kier alpha value is -3.85. The molecule has 0 fully saturated rings. The number of aromatic nitrogens is 1. The van der Waals surface area contributed by atoms with Crippen LogP contribution in [-0.2, 0) is 28.0 Å². The highest BCUT2D eigenvalue weighted by Gasteiger charge is 2.32. The third-order valence-corrected chi connectivity index (χ3v) is 8.41. The van der Waals surface area contributed by atoms with Gasteiger partial charge in [-0.2, -0.15) is 13.2 Å². The Morgan fingerprint density at radius 3 is 2.30 bits per heavy atom. The maximum Gasteiger partial charge on any atom is 0.416 e. The van der Waals surface area contributed by atoms with E-state index in [4.69, 9.17) is 0 Å². The first-order valence-corrected chi connectivity index (χ1v) is 14.2. The molecule has 0 aliphatic carbocycles. The molecule has 3 aromatic carbocycles. The lowest BCUT2D eigenvalue weighted by molar-refractivity contribution is -0.137. The molecule has 0 amide bonds. The lowest BCUT2D eigenvalue weighted by Gasteiger charge is -2.19. The number of hydrogen-bond donors (Lipinski definition) is 1. The Balaban J connectivity index is 1.80. The van der Waals surface area contributed by atoms with Crippen LogP contribution in [0.5, 0.6) is 0 Å². The Morgan fingerprint density at radius 2 is 1.65 bits per heavy atom. The van der Waals surface area contributed by atoms with Gasteiger partial charge in [0.05, 0.1) is 22.4 Å². The summed E-state index contributed by atoms with van der Waals surface area (Å²) in [5.41, 5.74) is 2.31. The van der Waals surface area contributed by atoms with Gasteiger partial charge < -0.3 is 5.11 Å². The maximum atomic E-state index is 13.7. The molecule has 4 rings (SSSR count). The number of benzene rings is 3. The molecule has 0 aliphatic heterocycles. The molecule has 40 heavy (non-hydrogen) atoms. The molecule has 0 radical (unpaired) electrons. The number of rotatable bonds is 7. The van der Waals surface area contributed by atoms with Crippen molar-refractivity contribution in [2.24, 2.45) is 0 Å². The summed E-state index contributed by atoms with van der Waals surface area (Å²) in [7, 11) is -4.07. The summed E-state index contributed by atoms with van der Waals surface area (Å²) in [6.07, 6.45) is -1.35. The highest BCUT2D eigenvalue weighted by Crippen LogP contribution is 2.36. The highest BCUT2D eigenvalue weighted by atomic mass is 32.2. The summed E-state index contributed by atoms with van der Waals surface area (Å²) in [5.74, 6) is -1.53. The van der Waals surface area contributed by atoms with Gasteiger partial charge in [0.1, 0.15) is 0 Å². The summed E-state index contributed by atoms with van der Waals surface area (Å²) in [6, 6.07) is 16.8. The van der Waals surface area contributed by atoms with Gasteiger partial charge in [-0.25, -0.2) is 17.2 Å². The normalized spacial score (nSPS) is 12.9. The molecule has 210 valence electrons. The van der Waals surface area contributed by atoms with Crippen LogP contribution in [0.4, 0.5) is 13.2 Å². The topological polar surface area (TPSA) is 76.4 Å². The van der Waals surface area contributed by atoms with Crippen LogP contribution in [0.3, 0.4) is 0 Å². The van der Waals surface area contributed by atoms with E-state index in [1.165, 1.54) is 24.3 Å². The fourth-order valence-electron chi connectivity index (χ4n) is 4.66. The molecule has 0 spiro atoms. The zero-order valence-corrected chi connectivity index (χ0v) is 23.4. The Bertz CT molecular complexity index is 1730. The number of carboxylic acids is 1. The van der Waals surface area contributed by atoms with Gasteiger partial charge in [0, 0.05) is 17.5 Å². The molecule has 1 N–H and O–H groups in total. The minimum absolute atomic E-state index is 0.0134. The summed E-state index contributed by atoms with van der Waals surface area (Å²) in [5, 5.41) is 9.54. The van der Waals surface area contributed by atoms with Crippen LogP contribution in [0.1, 0.15) is 64.6 Å². The third-order valence-electron chi connectivity index (χ3n) is 6.82. The van der Waals surface area contributed by atoms with Crippen molar-refractivity contribution in [3.63, 3.8) is 0 Å². The number of carbonyl (C=O) groups is 1. The number of nitrogens with zero attached hydrogens (tertiary/aromatic N) is 1. The van der Waals surface area contributed by atoms with E-state index >= 15 is 0 Å². The minimum atomic E-state index is -4.60. The molecular weight excluding hydrogens is 539 g/mol. The van der Waals surface area contributed by atoms with E-state index in [9.17, 15) is 31.5 Å². The van der Waals surface area contributed by atoms with E-state index < -0.39 is 27.7 Å². The van der Waals surface area contributed by atoms with Crippen molar-refractivity contribution in [3.8, 4) is 0 Å². The molecule has 1 heterocycles. The van der Waals surface area contributed by atoms with E-state index in [1.807, 2.05) is 24.3 Å². The summed E-state index contributed by atoms with van der Waals surface area (Å²) >= 11 is 0. The van der Waals surface area contributed by atoms with E-state index in [0.29, 0.717) is 11.1 Å². The maximum absolute atomic E-state index is 13.7. The van der Waals surface area contributed by atoms with Crippen LogP contribution >= 0.6 is 0 Å². The molecule has 0 aliphatic rings. The van der Waals surface area contributed by atoms with Crippen molar-refractivity contribution < 1.29 is 31.5 Å². The number of aryl methyl sites for hydroxylation is 1. The smallest absolute Gasteiger partial charge is 0.416 e. The number of carboxylic acid groups (broad SMARTS) is 1. The highest BCUT2D eigenvalue weighted by molar-refractivity contribution is 7.90. The molecule has 0 saturated heterocycles. The summed E-state index contributed by atoms with van der Waals surface area (Å²) < 4.78 is 69.1. The number of alkyl halides is 3. The first-order valence-electron chi connectivity index (χ1n) is 12.6. The van der Waals surface area contributed by atoms with Crippen LogP contribution in [0, 0.1) is 6.92 Å². The van der Waals surface area contributed by atoms with Gasteiger partial charge in [-0.15, -0.1) is 0 Å². The standard InChI is InChI=1S/C31H30F3NO4S/c1-20-26-19-25(31(32,33)34)13-14-27(26)35(28(20)18-22-9-5-11-23(16-22)29(36)37)40(38,39)15-7-10-21-8-6-12-24(17-21)30(2,3)4/h5-14,16-17,19H,15,18H2,1-4H3,(H,36,37). The lowest BCUT2D eigenvalue weighted by atomic mass is 9.86. The Morgan fingerprint density at radius 1 is 0.950 bits per heavy atom. The molecule has 0 unspecified atom stereocenters. The average molecular weight is 570 g/mol. The van der Waals surface area contributed by atoms with Crippen LogP contribution in [0.15, 0.2) is 72.8 Å². The molecule has 9 heteroatoms. The van der Waals surface area contributed by atoms with E-state index in [0.717, 1.165) is 27.2 Å². The van der Waals surface area contributed by atoms with E-state index in [1.54, 1.807) is 25.1 Å². The summed E-state index contributed by atoms with van der Waals surface area (Å²) in [6.45, 7) is 7.83. The molecule has 4 aromatic rings. The summed E-state index contributed by atoms with van der Waals surface area (Å²) in [4.78, 5) is 11.5. The predicted octanol–water partition coefficient (Wildman–Crippen LogP) is 7.45. The van der Waals surface area contributed by atoms with Crippen LogP contribution in [-0.4, -0.2) is 29.2 Å². The fourth-order valence-corrected chi connectivity index (χ4v) is 6.15. The van der Waals surface area contributed by atoms with Gasteiger partial charge in [-0.05, 0) is 64.9 Å². The second-order valence-electron chi connectivity index (χ2n) is 10.8. The van der Waals surface area contributed by atoms with Crippen molar-refractivity contribution in [1.29, 1.82) is 0 Å². The quantitative estimate of drug-likeness (QED) is 0.251. The van der Waals surface area contributed by atoms with E-state index in [2.05, 4.69) is 20.8 Å². The van der Waals surface area contributed by atoms with Gasteiger partial charge in [0.2, 0.25) is 10.0 Å². The lowest BCUT2D eigenvalue weighted by Crippen LogP contribution is -2.18. The largest absolute Gasteiger partial charge is 0.478 e. The Kier molecular flexibility index (Phi) is 7.73. The molecule has 1 aromatic heterocycles. The molecular formula is C31H30F3NO4S. The molecule has 0 saturated carbocycles. The monoisotopic (exact) mass is 569 g/mol. The SMILES string of the molecule is Cc1c(Cc2cccc(C(=O)O)c2)n(S(=O)(=O)CC=Cc2cccc(C(C)(C)C)c2)c2ccc(C(F)(F)F)cc12. The van der Waals surface area contributed by atoms with Crippen molar-refractivity contribution in [3.05, 3.63) is 112 Å². The molecule has 0 atom stereocenters.